The van der Waals surface area contributed by atoms with E-state index in [1.54, 1.807) is 11.3 Å². The summed E-state index contributed by atoms with van der Waals surface area (Å²) in [7, 11) is 1.39. The molecule has 2 aromatic rings. The largest absolute Gasteiger partial charge is 0.469 e. The van der Waals surface area contributed by atoms with Crippen molar-refractivity contribution in [3.63, 3.8) is 0 Å². The van der Waals surface area contributed by atoms with E-state index in [1.807, 2.05) is 12.2 Å². The van der Waals surface area contributed by atoms with Crippen LogP contribution in [0, 0.1) is 11.3 Å². The molecule has 2 aliphatic carbocycles. The van der Waals surface area contributed by atoms with Gasteiger partial charge in [0, 0.05) is 35.0 Å². The summed E-state index contributed by atoms with van der Waals surface area (Å²) in [6, 6.07) is 12.6. The van der Waals surface area contributed by atoms with Crippen molar-refractivity contribution < 1.29 is 24.5 Å². The van der Waals surface area contributed by atoms with E-state index in [-0.39, 0.29) is 41.5 Å². The Kier molecular flexibility index (Phi) is 10.3. The number of thiophene rings is 1. The van der Waals surface area contributed by atoms with E-state index in [0.717, 1.165) is 56.9 Å². The number of rotatable bonds is 14. The molecule has 6 heteroatoms. The standard InChI is InChI=1S/C32H42O5S/c1-37-30(36)13-5-3-2-4-11-26-27(33)21-28(34)31(26)24-16-14-23(15-17-24)9-6-12-29(35)32(18-8-19-32)22-25-10-7-20-38-25/h2,4,7,10,14-17,20,26,28-29,31,34-35H,3,5-6,8-9,11-13,18-19,21-22H2,1H3/b4-2-/t26-,28+,29?,31-/m0/s1. The maximum absolute atomic E-state index is 12.6. The molecule has 1 unspecified atom stereocenters. The highest BCUT2D eigenvalue weighted by molar-refractivity contribution is 7.09. The smallest absolute Gasteiger partial charge is 0.305 e. The van der Waals surface area contributed by atoms with Crippen LogP contribution in [0.3, 0.4) is 0 Å². The predicted molar refractivity (Wildman–Crippen MR) is 151 cm³/mol. The Labute approximate surface area is 230 Å². The lowest BCUT2D eigenvalue weighted by Gasteiger charge is -2.45. The summed E-state index contributed by atoms with van der Waals surface area (Å²) in [6.45, 7) is 0. The van der Waals surface area contributed by atoms with Gasteiger partial charge in [0.15, 0.2) is 0 Å². The van der Waals surface area contributed by atoms with E-state index in [0.29, 0.717) is 12.8 Å². The molecule has 38 heavy (non-hydrogen) atoms. The zero-order valence-corrected chi connectivity index (χ0v) is 23.3. The molecule has 0 bridgehead atoms. The van der Waals surface area contributed by atoms with Crippen molar-refractivity contribution in [2.45, 2.75) is 95.2 Å². The van der Waals surface area contributed by atoms with Crippen molar-refractivity contribution in [3.05, 3.63) is 69.9 Å². The average Bonchev–Trinajstić information content (AvgIpc) is 3.50. The van der Waals surface area contributed by atoms with Crippen molar-refractivity contribution in [2.75, 3.05) is 7.11 Å². The van der Waals surface area contributed by atoms with Crippen molar-refractivity contribution in [3.8, 4) is 0 Å². The van der Waals surface area contributed by atoms with Gasteiger partial charge in [-0.3, -0.25) is 9.59 Å². The van der Waals surface area contributed by atoms with Crippen molar-refractivity contribution in [2.24, 2.45) is 11.3 Å². The molecule has 5 nitrogen and oxygen atoms in total. The van der Waals surface area contributed by atoms with Crippen LogP contribution in [0.5, 0.6) is 0 Å². The second kappa shape index (κ2) is 13.7. The third-order valence-electron chi connectivity index (χ3n) is 8.68. The molecule has 4 rings (SSSR count). The van der Waals surface area contributed by atoms with E-state index in [9.17, 15) is 19.8 Å². The summed E-state index contributed by atoms with van der Waals surface area (Å²) in [6.07, 6.45) is 12.9. The van der Waals surface area contributed by atoms with Crippen molar-refractivity contribution >= 4 is 23.1 Å². The fraction of sp³-hybridized carbons (Fsp3) is 0.562. The molecule has 2 fully saturated rings. The molecule has 2 N–H and O–H groups in total. The fourth-order valence-electron chi connectivity index (χ4n) is 6.24. The zero-order valence-electron chi connectivity index (χ0n) is 22.5. The molecule has 1 aromatic carbocycles. The molecule has 0 saturated heterocycles. The van der Waals surface area contributed by atoms with Crippen LogP contribution in [-0.4, -0.2) is 41.3 Å². The monoisotopic (exact) mass is 538 g/mol. The number of carbonyl (C=O) groups is 2. The lowest BCUT2D eigenvalue weighted by Crippen LogP contribution is -2.43. The van der Waals surface area contributed by atoms with Crippen LogP contribution >= 0.6 is 11.3 Å². The van der Waals surface area contributed by atoms with Gasteiger partial charge in [0.25, 0.3) is 0 Å². The minimum Gasteiger partial charge on any atom is -0.469 e. The van der Waals surface area contributed by atoms with Gasteiger partial charge < -0.3 is 14.9 Å². The van der Waals surface area contributed by atoms with E-state index in [2.05, 4.69) is 46.5 Å². The lowest BCUT2D eigenvalue weighted by molar-refractivity contribution is -0.140. The minimum absolute atomic E-state index is 0.0602. The Balaban J connectivity index is 1.26. The third-order valence-corrected chi connectivity index (χ3v) is 9.55. The van der Waals surface area contributed by atoms with E-state index in [1.165, 1.54) is 24.0 Å². The predicted octanol–water partition coefficient (Wildman–Crippen LogP) is 6.17. The topological polar surface area (TPSA) is 83.8 Å². The Morgan fingerprint density at radius 2 is 1.97 bits per heavy atom. The van der Waals surface area contributed by atoms with Gasteiger partial charge in [-0.05, 0) is 80.4 Å². The van der Waals surface area contributed by atoms with Gasteiger partial charge in [0.2, 0.25) is 0 Å². The van der Waals surface area contributed by atoms with Gasteiger partial charge in [0.1, 0.15) is 5.78 Å². The summed E-state index contributed by atoms with van der Waals surface area (Å²) in [5.41, 5.74) is 2.30. The SMILES string of the molecule is COC(=O)CCC/C=C\C[C@H]1C(=O)C[C@@H](O)[C@H]1c1ccc(CCCC(O)C2(Cc3cccs3)CCC2)cc1. The minimum atomic E-state index is -0.650. The molecule has 4 atom stereocenters. The van der Waals surface area contributed by atoms with Crippen molar-refractivity contribution in [1.82, 2.24) is 0 Å². The number of allylic oxidation sites excluding steroid dienone is 2. The van der Waals surface area contributed by atoms with E-state index >= 15 is 0 Å². The Bertz CT molecular complexity index is 1050. The summed E-state index contributed by atoms with van der Waals surface area (Å²) in [4.78, 5) is 25.2. The molecule has 1 heterocycles. The van der Waals surface area contributed by atoms with Gasteiger partial charge in [-0.25, -0.2) is 0 Å². The summed E-state index contributed by atoms with van der Waals surface area (Å²) < 4.78 is 4.66. The molecular formula is C32H42O5S. The van der Waals surface area contributed by atoms with E-state index in [4.69, 9.17) is 0 Å². The first kappa shape index (κ1) is 28.7. The van der Waals surface area contributed by atoms with Crippen LogP contribution in [0.1, 0.15) is 86.1 Å². The van der Waals surface area contributed by atoms with Crippen LogP contribution in [0.25, 0.3) is 0 Å². The molecule has 2 saturated carbocycles. The quantitative estimate of drug-likeness (QED) is 0.171. The number of hydrogen-bond donors (Lipinski definition) is 2. The number of hydrogen-bond acceptors (Lipinski definition) is 6. The number of aliphatic hydroxyl groups excluding tert-OH is 2. The summed E-state index contributed by atoms with van der Waals surface area (Å²) in [5.74, 6) is -0.491. The van der Waals surface area contributed by atoms with Crippen LogP contribution in [0.15, 0.2) is 53.9 Å². The maximum atomic E-state index is 12.6. The number of aryl methyl sites for hydroxylation is 1. The number of benzene rings is 1. The molecule has 0 spiro atoms. The van der Waals surface area contributed by atoms with Gasteiger partial charge in [-0.15, -0.1) is 11.3 Å². The second-order valence-corrected chi connectivity index (χ2v) is 12.2. The second-order valence-electron chi connectivity index (χ2n) is 11.2. The number of esters is 1. The number of ketones is 1. The molecule has 2 aliphatic rings. The van der Waals surface area contributed by atoms with Crippen LogP contribution < -0.4 is 0 Å². The fourth-order valence-corrected chi connectivity index (χ4v) is 7.10. The highest BCUT2D eigenvalue weighted by Crippen LogP contribution is 2.48. The number of ether oxygens (including phenoxy) is 1. The van der Waals surface area contributed by atoms with Crippen LogP contribution in [-0.2, 0) is 27.2 Å². The number of methoxy groups -OCH3 is 1. The van der Waals surface area contributed by atoms with E-state index < -0.39 is 6.10 Å². The first-order valence-corrected chi connectivity index (χ1v) is 15.0. The average molecular weight is 539 g/mol. The first-order valence-electron chi connectivity index (χ1n) is 14.1. The molecule has 0 radical (unpaired) electrons. The number of aliphatic hydroxyl groups is 2. The molecule has 1 aromatic heterocycles. The normalized spacial score (nSPS) is 23.4. The Hall–Kier alpha value is -2.28. The summed E-state index contributed by atoms with van der Waals surface area (Å²) >= 11 is 1.79. The maximum Gasteiger partial charge on any atom is 0.305 e. The molecular weight excluding hydrogens is 496 g/mol. The summed E-state index contributed by atoms with van der Waals surface area (Å²) in [5, 5.41) is 23.8. The Morgan fingerprint density at radius 3 is 2.63 bits per heavy atom. The zero-order chi connectivity index (χ0) is 27.0. The number of Topliss-reactive ketones (excluding diaryl/α,β-unsaturated/α-hetero) is 1. The number of carbonyl (C=O) groups excluding carboxylic acids is 2. The first-order chi connectivity index (χ1) is 18.4. The van der Waals surface area contributed by atoms with Crippen LogP contribution in [0.2, 0.25) is 0 Å². The third kappa shape index (κ3) is 7.22. The number of unbranched alkanes of at least 4 members (excludes halogenated alkanes) is 1. The van der Waals surface area contributed by atoms with Crippen LogP contribution in [0.4, 0.5) is 0 Å². The lowest BCUT2D eigenvalue weighted by atomic mass is 9.62. The van der Waals surface area contributed by atoms with Gasteiger partial charge in [-0.2, -0.15) is 0 Å². The molecule has 0 aliphatic heterocycles. The Morgan fingerprint density at radius 1 is 1.18 bits per heavy atom. The van der Waals surface area contributed by atoms with Gasteiger partial charge in [0.05, 0.1) is 19.3 Å². The highest BCUT2D eigenvalue weighted by atomic mass is 32.1. The van der Waals surface area contributed by atoms with Crippen molar-refractivity contribution in [1.29, 1.82) is 0 Å². The molecule has 206 valence electrons. The highest BCUT2D eigenvalue weighted by Gasteiger charge is 2.43. The molecule has 0 amide bonds. The van der Waals surface area contributed by atoms with Gasteiger partial charge >= 0.3 is 5.97 Å². The van der Waals surface area contributed by atoms with Gasteiger partial charge in [-0.1, -0.05) is 48.9 Å².